The van der Waals surface area contributed by atoms with Crippen LogP contribution in [0.5, 0.6) is 0 Å². The first-order chi connectivity index (χ1) is 12.0. The van der Waals surface area contributed by atoms with Gasteiger partial charge in [-0.25, -0.2) is 9.97 Å². The summed E-state index contributed by atoms with van der Waals surface area (Å²) in [6, 6.07) is 5.93. The zero-order chi connectivity index (χ0) is 17.8. The van der Waals surface area contributed by atoms with Crippen molar-refractivity contribution in [2.24, 2.45) is 5.92 Å². The SMILES string of the molecule is Cc1ccc(C(=O)NCC2CCN(Cc3cnc(N)nc3)C2)c(C)c1. The molecule has 6 nitrogen and oxygen atoms in total. The standard InChI is InChI=1S/C19H25N5O/c1-13-3-4-17(14(2)7-13)18(25)21-8-15-5-6-24(11-15)12-16-9-22-19(20)23-10-16/h3-4,7,9-10,15H,5-6,8,11-12H2,1-2H3,(H,21,25)(H2,20,22,23). The van der Waals surface area contributed by atoms with Crippen LogP contribution >= 0.6 is 0 Å². The smallest absolute Gasteiger partial charge is 0.251 e. The Bertz CT molecular complexity index is 744. The number of hydrogen-bond acceptors (Lipinski definition) is 5. The third-order valence-electron chi connectivity index (χ3n) is 4.68. The van der Waals surface area contributed by atoms with Crippen molar-refractivity contribution in [3.63, 3.8) is 0 Å². The minimum Gasteiger partial charge on any atom is -0.368 e. The number of hydrogen-bond donors (Lipinski definition) is 2. The van der Waals surface area contributed by atoms with Crippen molar-refractivity contribution in [2.45, 2.75) is 26.8 Å². The molecule has 1 unspecified atom stereocenters. The number of nitrogen functional groups attached to an aromatic ring is 1. The number of benzene rings is 1. The lowest BCUT2D eigenvalue weighted by atomic mass is 10.0. The maximum atomic E-state index is 12.4. The van der Waals surface area contributed by atoms with Crippen LogP contribution in [-0.2, 0) is 6.54 Å². The van der Waals surface area contributed by atoms with Gasteiger partial charge in [0.15, 0.2) is 0 Å². The van der Waals surface area contributed by atoms with Gasteiger partial charge in [-0.15, -0.1) is 0 Å². The van der Waals surface area contributed by atoms with Gasteiger partial charge in [-0.05, 0) is 44.4 Å². The van der Waals surface area contributed by atoms with Gasteiger partial charge in [0, 0.05) is 43.2 Å². The summed E-state index contributed by atoms with van der Waals surface area (Å²) in [7, 11) is 0. The Labute approximate surface area is 148 Å². The van der Waals surface area contributed by atoms with Gasteiger partial charge in [0.1, 0.15) is 0 Å². The summed E-state index contributed by atoms with van der Waals surface area (Å²) < 4.78 is 0. The second-order valence-corrected chi connectivity index (χ2v) is 6.87. The van der Waals surface area contributed by atoms with Crippen LogP contribution in [0.2, 0.25) is 0 Å². The maximum Gasteiger partial charge on any atom is 0.251 e. The Hall–Kier alpha value is -2.47. The van der Waals surface area contributed by atoms with Crippen molar-refractivity contribution >= 4 is 11.9 Å². The minimum atomic E-state index is 0.0166. The molecule has 3 rings (SSSR count). The molecule has 1 aliphatic rings. The Morgan fingerprint density at radius 2 is 2.08 bits per heavy atom. The number of nitrogens with two attached hydrogens (primary N) is 1. The van der Waals surface area contributed by atoms with Crippen LogP contribution in [-0.4, -0.2) is 40.4 Å². The second-order valence-electron chi connectivity index (χ2n) is 6.87. The molecule has 3 N–H and O–H groups in total. The monoisotopic (exact) mass is 339 g/mol. The van der Waals surface area contributed by atoms with Crippen LogP contribution in [0, 0.1) is 19.8 Å². The molecule has 6 heteroatoms. The summed E-state index contributed by atoms with van der Waals surface area (Å²) in [6.45, 7) is 7.54. The largest absolute Gasteiger partial charge is 0.368 e. The van der Waals surface area contributed by atoms with Crippen LogP contribution in [0.1, 0.15) is 33.5 Å². The normalized spacial score (nSPS) is 17.6. The fraction of sp³-hybridized carbons (Fsp3) is 0.421. The minimum absolute atomic E-state index is 0.0166. The van der Waals surface area contributed by atoms with Gasteiger partial charge in [-0.3, -0.25) is 9.69 Å². The van der Waals surface area contributed by atoms with Crippen molar-refractivity contribution in [3.8, 4) is 0 Å². The van der Waals surface area contributed by atoms with Crippen molar-refractivity contribution < 1.29 is 4.79 Å². The number of aryl methyl sites for hydroxylation is 2. The number of amides is 1. The summed E-state index contributed by atoms with van der Waals surface area (Å²) in [5.41, 5.74) is 9.54. The lowest BCUT2D eigenvalue weighted by Crippen LogP contribution is -2.31. The van der Waals surface area contributed by atoms with E-state index in [1.807, 2.05) is 32.0 Å². The van der Waals surface area contributed by atoms with E-state index in [0.29, 0.717) is 18.4 Å². The number of likely N-dealkylation sites (tertiary alicyclic amines) is 1. The van der Waals surface area contributed by atoms with Crippen molar-refractivity contribution in [2.75, 3.05) is 25.4 Å². The van der Waals surface area contributed by atoms with Gasteiger partial charge in [0.2, 0.25) is 5.95 Å². The van der Waals surface area contributed by atoms with Crippen LogP contribution in [0.15, 0.2) is 30.6 Å². The summed E-state index contributed by atoms with van der Waals surface area (Å²) in [4.78, 5) is 22.8. The maximum absolute atomic E-state index is 12.4. The number of carbonyl (C=O) groups is 1. The molecule has 1 fully saturated rings. The van der Waals surface area contributed by atoms with Crippen molar-refractivity contribution in [3.05, 3.63) is 52.8 Å². The Kier molecular flexibility index (Phi) is 5.28. The van der Waals surface area contributed by atoms with E-state index in [1.165, 1.54) is 5.56 Å². The van der Waals surface area contributed by atoms with E-state index in [0.717, 1.165) is 42.7 Å². The molecule has 1 atom stereocenters. The lowest BCUT2D eigenvalue weighted by molar-refractivity contribution is 0.0946. The Balaban J connectivity index is 1.48. The molecule has 0 spiro atoms. The quantitative estimate of drug-likeness (QED) is 0.869. The summed E-state index contributed by atoms with van der Waals surface area (Å²) in [6.07, 6.45) is 4.64. The summed E-state index contributed by atoms with van der Waals surface area (Å²) >= 11 is 0. The number of anilines is 1. The number of nitrogens with zero attached hydrogens (tertiary/aromatic N) is 3. The highest BCUT2D eigenvalue weighted by molar-refractivity contribution is 5.95. The van der Waals surface area contributed by atoms with Gasteiger partial charge >= 0.3 is 0 Å². The van der Waals surface area contributed by atoms with Gasteiger partial charge in [0.25, 0.3) is 5.91 Å². The zero-order valence-electron chi connectivity index (χ0n) is 14.8. The molecule has 1 aromatic heterocycles. The van der Waals surface area contributed by atoms with Crippen LogP contribution < -0.4 is 11.1 Å². The van der Waals surface area contributed by atoms with Crippen LogP contribution in [0.3, 0.4) is 0 Å². The molecule has 1 aliphatic heterocycles. The zero-order valence-corrected chi connectivity index (χ0v) is 14.8. The summed E-state index contributed by atoms with van der Waals surface area (Å²) in [5.74, 6) is 0.796. The Morgan fingerprint density at radius 1 is 1.32 bits per heavy atom. The number of rotatable bonds is 5. The second kappa shape index (κ2) is 7.61. The average molecular weight is 339 g/mol. The molecule has 25 heavy (non-hydrogen) atoms. The molecule has 1 aromatic carbocycles. The Morgan fingerprint density at radius 3 is 2.80 bits per heavy atom. The highest BCUT2D eigenvalue weighted by atomic mass is 16.1. The third-order valence-corrected chi connectivity index (χ3v) is 4.68. The van der Waals surface area contributed by atoms with E-state index < -0.39 is 0 Å². The molecule has 0 bridgehead atoms. The van der Waals surface area contributed by atoms with Crippen molar-refractivity contribution in [1.29, 1.82) is 0 Å². The molecule has 2 heterocycles. The van der Waals surface area contributed by atoms with Crippen LogP contribution in [0.4, 0.5) is 5.95 Å². The van der Waals surface area contributed by atoms with Gasteiger partial charge in [0.05, 0.1) is 0 Å². The molecular formula is C19H25N5O. The van der Waals surface area contributed by atoms with Gasteiger partial charge < -0.3 is 11.1 Å². The molecule has 0 saturated carbocycles. The molecule has 0 aliphatic carbocycles. The molecular weight excluding hydrogens is 314 g/mol. The highest BCUT2D eigenvalue weighted by Crippen LogP contribution is 2.18. The van der Waals surface area contributed by atoms with Crippen LogP contribution in [0.25, 0.3) is 0 Å². The molecule has 2 aromatic rings. The number of carbonyl (C=O) groups excluding carboxylic acids is 1. The first-order valence-electron chi connectivity index (χ1n) is 8.65. The van der Waals surface area contributed by atoms with E-state index in [4.69, 9.17) is 5.73 Å². The van der Waals surface area contributed by atoms with E-state index in [1.54, 1.807) is 12.4 Å². The van der Waals surface area contributed by atoms with Gasteiger partial charge in [-0.1, -0.05) is 17.7 Å². The van der Waals surface area contributed by atoms with E-state index >= 15 is 0 Å². The third kappa shape index (κ3) is 4.54. The fourth-order valence-corrected chi connectivity index (χ4v) is 3.33. The molecule has 132 valence electrons. The topological polar surface area (TPSA) is 84.1 Å². The fourth-order valence-electron chi connectivity index (χ4n) is 3.33. The lowest BCUT2D eigenvalue weighted by Gasteiger charge is -2.16. The van der Waals surface area contributed by atoms with E-state index in [9.17, 15) is 4.79 Å². The molecule has 1 saturated heterocycles. The summed E-state index contributed by atoms with van der Waals surface area (Å²) in [5, 5.41) is 3.09. The van der Waals surface area contributed by atoms with Gasteiger partial charge in [-0.2, -0.15) is 0 Å². The highest BCUT2D eigenvalue weighted by Gasteiger charge is 2.23. The average Bonchev–Trinajstić information content (AvgIpc) is 3.02. The first-order valence-corrected chi connectivity index (χ1v) is 8.65. The van der Waals surface area contributed by atoms with Crippen molar-refractivity contribution in [1.82, 2.24) is 20.2 Å². The predicted octanol–water partition coefficient (Wildman–Crippen LogP) is 1.93. The molecule has 0 radical (unpaired) electrons. The molecule has 1 amide bonds. The number of aromatic nitrogens is 2. The van der Waals surface area contributed by atoms with E-state index in [-0.39, 0.29) is 5.91 Å². The first kappa shape index (κ1) is 17.4. The van der Waals surface area contributed by atoms with E-state index in [2.05, 4.69) is 20.2 Å². The predicted molar refractivity (Wildman–Crippen MR) is 98.1 cm³/mol. The number of nitrogens with one attached hydrogen (secondary N) is 1.